The molecule has 1 aliphatic carbocycles. The summed E-state index contributed by atoms with van der Waals surface area (Å²) in [6, 6.07) is 7.10. The lowest BCUT2D eigenvalue weighted by molar-refractivity contribution is -0.141. The Hall–Kier alpha value is -1.69. The van der Waals surface area contributed by atoms with Crippen molar-refractivity contribution in [1.82, 2.24) is 0 Å². The van der Waals surface area contributed by atoms with Crippen molar-refractivity contribution in [2.24, 2.45) is 5.41 Å². The number of hydrogen-bond donors (Lipinski definition) is 2. The summed E-state index contributed by atoms with van der Waals surface area (Å²) in [5.74, 6) is 0.959. The topological polar surface area (TPSA) is 81.4 Å². The molecule has 0 aromatic heterocycles. The fourth-order valence-corrected chi connectivity index (χ4v) is 3.28. The highest BCUT2D eigenvalue weighted by Crippen LogP contribution is 2.51. The van der Waals surface area contributed by atoms with Crippen molar-refractivity contribution in [3.63, 3.8) is 0 Å². The molecule has 1 aromatic rings. The second kappa shape index (κ2) is 6.85. The van der Waals surface area contributed by atoms with Crippen LogP contribution >= 0.6 is 11.8 Å². The maximum absolute atomic E-state index is 11.8. The Bertz CT molecular complexity index is 529. The van der Waals surface area contributed by atoms with Gasteiger partial charge >= 0.3 is 5.97 Å². The smallest absolute Gasteiger partial charge is 0.306 e. The van der Waals surface area contributed by atoms with E-state index in [0.717, 1.165) is 18.6 Å². The third kappa shape index (κ3) is 4.97. The van der Waals surface area contributed by atoms with E-state index in [-0.39, 0.29) is 17.3 Å². The molecule has 0 aliphatic heterocycles. The highest BCUT2D eigenvalue weighted by atomic mass is 32.2. The van der Waals surface area contributed by atoms with Crippen LogP contribution in [0.4, 0.5) is 11.4 Å². The fourth-order valence-electron chi connectivity index (χ4n) is 2.10. The third-order valence-electron chi connectivity index (χ3n) is 3.52. The number of thioether (sulfide) groups is 1. The van der Waals surface area contributed by atoms with Gasteiger partial charge in [0, 0.05) is 11.4 Å². The highest BCUT2D eigenvalue weighted by Gasteiger charge is 2.44. The normalized spacial score (nSPS) is 15.3. The molecule has 1 saturated carbocycles. The van der Waals surface area contributed by atoms with Crippen LogP contribution < -0.4 is 11.1 Å². The molecule has 114 valence electrons. The maximum atomic E-state index is 11.8. The van der Waals surface area contributed by atoms with Crippen LogP contribution in [-0.2, 0) is 14.3 Å². The number of nitrogen functional groups attached to an aromatic ring is 1. The maximum Gasteiger partial charge on any atom is 0.306 e. The zero-order chi connectivity index (χ0) is 15.3. The summed E-state index contributed by atoms with van der Waals surface area (Å²) in [4.78, 5) is 23.2. The second-order valence-electron chi connectivity index (χ2n) is 5.42. The fraction of sp³-hybridized carbons (Fsp3) is 0.467. The van der Waals surface area contributed by atoms with Crippen LogP contribution in [0.5, 0.6) is 0 Å². The first-order chi connectivity index (χ1) is 10.0. The Labute approximate surface area is 128 Å². The van der Waals surface area contributed by atoms with Crippen molar-refractivity contribution < 1.29 is 14.3 Å². The van der Waals surface area contributed by atoms with Crippen molar-refractivity contribution in [3.05, 3.63) is 24.3 Å². The molecule has 3 N–H and O–H groups in total. The van der Waals surface area contributed by atoms with E-state index in [1.54, 1.807) is 36.0 Å². The summed E-state index contributed by atoms with van der Waals surface area (Å²) >= 11 is 1.56. The third-order valence-corrected chi connectivity index (χ3v) is 4.80. The Morgan fingerprint density at radius 2 is 2.19 bits per heavy atom. The van der Waals surface area contributed by atoms with E-state index < -0.39 is 0 Å². The first kappa shape index (κ1) is 15.7. The molecule has 5 nitrogen and oxygen atoms in total. The summed E-state index contributed by atoms with van der Waals surface area (Å²) in [7, 11) is 1.41. The summed E-state index contributed by atoms with van der Waals surface area (Å²) < 4.78 is 4.70. The lowest BCUT2D eigenvalue weighted by atomic mass is 10.1. The first-order valence-electron chi connectivity index (χ1n) is 6.83. The number of methoxy groups -OCH3 is 1. The average molecular weight is 308 g/mol. The second-order valence-corrected chi connectivity index (χ2v) is 6.40. The molecule has 0 bridgehead atoms. The lowest BCUT2D eigenvalue weighted by Gasteiger charge is -2.13. The summed E-state index contributed by atoms with van der Waals surface area (Å²) in [6.45, 7) is 0. The number of ether oxygens (including phenoxy) is 1. The number of benzene rings is 1. The Kier molecular flexibility index (Phi) is 5.12. The molecule has 0 unspecified atom stereocenters. The molecule has 0 radical (unpaired) electrons. The van der Waals surface area contributed by atoms with Gasteiger partial charge in [-0.2, -0.15) is 11.8 Å². The van der Waals surface area contributed by atoms with Crippen molar-refractivity contribution >= 4 is 35.0 Å². The molecule has 0 heterocycles. The van der Waals surface area contributed by atoms with Crippen LogP contribution in [-0.4, -0.2) is 30.5 Å². The standard InChI is InChI=1S/C15H20N2O3S/c1-20-14(19)8-15(5-6-15)10-21-9-13(18)17-12-4-2-3-11(16)7-12/h2-4,7H,5-6,8-10,16H2,1H3,(H,17,18). The number of esters is 1. The number of carbonyl (C=O) groups excluding carboxylic acids is 2. The van der Waals surface area contributed by atoms with Crippen molar-refractivity contribution in [3.8, 4) is 0 Å². The van der Waals surface area contributed by atoms with Gasteiger partial charge in [-0.3, -0.25) is 9.59 Å². The molecular formula is C15H20N2O3S. The first-order valence-corrected chi connectivity index (χ1v) is 7.98. The monoisotopic (exact) mass is 308 g/mol. The van der Waals surface area contributed by atoms with E-state index in [2.05, 4.69) is 5.32 Å². The van der Waals surface area contributed by atoms with Crippen LogP contribution in [0.1, 0.15) is 19.3 Å². The van der Waals surface area contributed by atoms with Crippen molar-refractivity contribution in [2.45, 2.75) is 19.3 Å². The predicted octanol–water partition coefficient (Wildman–Crippen LogP) is 2.28. The average Bonchev–Trinajstić information content (AvgIpc) is 3.18. The molecule has 1 aliphatic rings. The van der Waals surface area contributed by atoms with Crippen LogP contribution in [0.15, 0.2) is 24.3 Å². The summed E-state index contributed by atoms with van der Waals surface area (Å²) in [6.07, 6.45) is 2.52. The van der Waals surface area contributed by atoms with E-state index in [9.17, 15) is 9.59 Å². The van der Waals surface area contributed by atoms with E-state index >= 15 is 0 Å². The van der Waals surface area contributed by atoms with Gasteiger partial charge in [-0.1, -0.05) is 6.07 Å². The Morgan fingerprint density at radius 3 is 2.81 bits per heavy atom. The largest absolute Gasteiger partial charge is 0.469 e. The zero-order valence-corrected chi connectivity index (χ0v) is 12.9. The molecular weight excluding hydrogens is 288 g/mol. The number of amides is 1. The van der Waals surface area contributed by atoms with E-state index in [4.69, 9.17) is 10.5 Å². The lowest BCUT2D eigenvalue weighted by Crippen LogP contribution is -2.17. The van der Waals surface area contributed by atoms with Crippen LogP contribution in [0.3, 0.4) is 0 Å². The summed E-state index contributed by atoms with van der Waals surface area (Å²) in [5, 5.41) is 2.81. The number of nitrogens with one attached hydrogen (secondary N) is 1. The molecule has 0 saturated heterocycles. The molecule has 21 heavy (non-hydrogen) atoms. The van der Waals surface area contributed by atoms with Gasteiger partial charge in [0.2, 0.25) is 5.91 Å². The molecule has 1 aromatic carbocycles. The molecule has 1 amide bonds. The molecule has 6 heteroatoms. The van der Waals surface area contributed by atoms with E-state index in [1.165, 1.54) is 7.11 Å². The number of hydrogen-bond acceptors (Lipinski definition) is 5. The van der Waals surface area contributed by atoms with E-state index in [1.807, 2.05) is 0 Å². The van der Waals surface area contributed by atoms with Gasteiger partial charge in [0.25, 0.3) is 0 Å². The van der Waals surface area contributed by atoms with Crippen LogP contribution in [0.25, 0.3) is 0 Å². The van der Waals surface area contributed by atoms with Gasteiger partial charge in [-0.05, 0) is 42.2 Å². The predicted molar refractivity (Wildman–Crippen MR) is 85.1 cm³/mol. The number of anilines is 2. The quantitative estimate of drug-likeness (QED) is 0.596. The van der Waals surface area contributed by atoms with Gasteiger partial charge < -0.3 is 15.8 Å². The molecule has 1 fully saturated rings. The highest BCUT2D eigenvalue weighted by molar-refractivity contribution is 8.00. The number of nitrogens with two attached hydrogens (primary N) is 1. The van der Waals surface area contributed by atoms with Crippen molar-refractivity contribution in [1.29, 1.82) is 0 Å². The van der Waals surface area contributed by atoms with Gasteiger partial charge in [0.05, 0.1) is 19.3 Å². The number of carbonyl (C=O) groups is 2. The van der Waals surface area contributed by atoms with Crippen LogP contribution in [0, 0.1) is 5.41 Å². The molecule has 0 spiro atoms. The Balaban J connectivity index is 1.71. The molecule has 0 atom stereocenters. The Morgan fingerprint density at radius 1 is 1.43 bits per heavy atom. The van der Waals surface area contributed by atoms with E-state index in [0.29, 0.717) is 23.5 Å². The SMILES string of the molecule is COC(=O)CC1(CSCC(=O)Nc2cccc(N)c2)CC1. The minimum absolute atomic E-state index is 0.0508. The van der Waals surface area contributed by atoms with Gasteiger partial charge in [-0.15, -0.1) is 0 Å². The zero-order valence-electron chi connectivity index (χ0n) is 12.1. The van der Waals surface area contributed by atoms with Gasteiger partial charge in [0.1, 0.15) is 0 Å². The van der Waals surface area contributed by atoms with Gasteiger partial charge in [-0.25, -0.2) is 0 Å². The molecule has 2 rings (SSSR count). The van der Waals surface area contributed by atoms with Gasteiger partial charge in [0.15, 0.2) is 0 Å². The summed E-state index contributed by atoms with van der Waals surface area (Å²) in [5.41, 5.74) is 7.04. The number of rotatable bonds is 7. The minimum atomic E-state index is -0.169. The van der Waals surface area contributed by atoms with Crippen LogP contribution in [0.2, 0.25) is 0 Å². The van der Waals surface area contributed by atoms with Crippen molar-refractivity contribution in [2.75, 3.05) is 29.7 Å². The minimum Gasteiger partial charge on any atom is -0.469 e.